The topological polar surface area (TPSA) is 85.9 Å². The van der Waals surface area contributed by atoms with E-state index in [0.717, 1.165) is 12.7 Å². The molecule has 2 rings (SSSR count). The molecule has 1 heterocycles. The van der Waals surface area contributed by atoms with Gasteiger partial charge in [0.2, 0.25) is 5.95 Å². The summed E-state index contributed by atoms with van der Waals surface area (Å²) in [6.07, 6.45) is 0.295. The zero-order valence-electron chi connectivity index (χ0n) is 13.5. The third-order valence-corrected chi connectivity index (χ3v) is 4.73. The van der Waals surface area contributed by atoms with Gasteiger partial charge in [-0.25, -0.2) is 27.2 Å². The molecule has 2 N–H and O–H groups in total. The SMILES string of the molecule is CCCCc1c(-c2ccc(S(C)(=O)=O)cc2)nc(N)nc1C(F)F. The lowest BCUT2D eigenvalue weighted by molar-refractivity contribution is 0.145. The van der Waals surface area contributed by atoms with Gasteiger partial charge in [-0.05, 0) is 25.0 Å². The molecule has 0 fully saturated rings. The molecule has 24 heavy (non-hydrogen) atoms. The van der Waals surface area contributed by atoms with Crippen LogP contribution in [-0.4, -0.2) is 24.6 Å². The molecular formula is C16H19F2N3O2S. The van der Waals surface area contributed by atoms with Crippen LogP contribution in [0.4, 0.5) is 14.7 Å². The van der Waals surface area contributed by atoms with E-state index in [1.165, 1.54) is 12.1 Å². The summed E-state index contributed by atoms with van der Waals surface area (Å²) in [5, 5.41) is 0. The number of rotatable bonds is 6. The van der Waals surface area contributed by atoms with Crippen molar-refractivity contribution >= 4 is 15.8 Å². The molecule has 1 aromatic heterocycles. The van der Waals surface area contributed by atoms with E-state index in [0.29, 0.717) is 29.7 Å². The molecule has 0 saturated carbocycles. The molecule has 5 nitrogen and oxygen atoms in total. The number of hydrogen-bond acceptors (Lipinski definition) is 5. The summed E-state index contributed by atoms with van der Waals surface area (Å²) in [6, 6.07) is 5.94. The quantitative estimate of drug-likeness (QED) is 0.858. The molecule has 0 amide bonds. The van der Waals surface area contributed by atoms with E-state index >= 15 is 0 Å². The number of nitrogens with two attached hydrogens (primary N) is 1. The third-order valence-electron chi connectivity index (χ3n) is 3.60. The molecule has 8 heteroatoms. The first-order chi connectivity index (χ1) is 11.2. The lowest BCUT2D eigenvalue weighted by Crippen LogP contribution is -2.08. The van der Waals surface area contributed by atoms with Crippen LogP contribution in [0.1, 0.15) is 37.4 Å². The van der Waals surface area contributed by atoms with E-state index in [-0.39, 0.29) is 16.5 Å². The minimum atomic E-state index is -3.33. The van der Waals surface area contributed by atoms with Crippen molar-refractivity contribution in [3.8, 4) is 11.3 Å². The second kappa shape index (κ2) is 7.21. The number of sulfone groups is 1. The van der Waals surface area contributed by atoms with Gasteiger partial charge in [0.1, 0.15) is 5.69 Å². The largest absolute Gasteiger partial charge is 0.368 e. The molecule has 0 saturated heterocycles. The molecule has 0 aliphatic heterocycles. The van der Waals surface area contributed by atoms with E-state index in [1.54, 1.807) is 12.1 Å². The lowest BCUT2D eigenvalue weighted by atomic mass is 9.99. The van der Waals surface area contributed by atoms with Crippen molar-refractivity contribution < 1.29 is 17.2 Å². The average molecular weight is 355 g/mol. The molecule has 130 valence electrons. The lowest BCUT2D eigenvalue weighted by Gasteiger charge is -2.14. The van der Waals surface area contributed by atoms with E-state index < -0.39 is 16.3 Å². The molecule has 0 atom stereocenters. The van der Waals surface area contributed by atoms with Gasteiger partial charge in [0.25, 0.3) is 6.43 Å². The number of halogens is 2. The Balaban J connectivity index is 2.59. The number of nitrogens with zero attached hydrogens (tertiary/aromatic N) is 2. The Hall–Kier alpha value is -2.09. The highest BCUT2D eigenvalue weighted by Gasteiger charge is 2.21. The van der Waals surface area contributed by atoms with Crippen LogP contribution in [0.25, 0.3) is 11.3 Å². The van der Waals surface area contributed by atoms with Gasteiger partial charge in [0.15, 0.2) is 9.84 Å². The van der Waals surface area contributed by atoms with Crippen LogP contribution >= 0.6 is 0 Å². The fourth-order valence-electron chi connectivity index (χ4n) is 2.40. The number of benzene rings is 1. The number of alkyl halides is 2. The van der Waals surface area contributed by atoms with Crippen molar-refractivity contribution in [2.45, 2.75) is 37.5 Å². The summed E-state index contributed by atoms with van der Waals surface area (Å²) in [5.74, 6) is -0.229. The zero-order valence-corrected chi connectivity index (χ0v) is 14.3. The van der Waals surface area contributed by atoms with E-state index in [9.17, 15) is 17.2 Å². The maximum absolute atomic E-state index is 13.3. The van der Waals surface area contributed by atoms with Gasteiger partial charge >= 0.3 is 0 Å². The van der Waals surface area contributed by atoms with Crippen LogP contribution in [0.5, 0.6) is 0 Å². The molecule has 0 spiro atoms. The second-order valence-electron chi connectivity index (χ2n) is 5.49. The third kappa shape index (κ3) is 4.05. The van der Waals surface area contributed by atoms with E-state index in [1.807, 2.05) is 6.92 Å². The first-order valence-corrected chi connectivity index (χ1v) is 9.38. The molecule has 2 aromatic rings. The van der Waals surface area contributed by atoms with Gasteiger partial charge in [0, 0.05) is 17.4 Å². The van der Waals surface area contributed by atoms with Crippen molar-refractivity contribution in [2.75, 3.05) is 12.0 Å². The number of nitrogen functional groups attached to an aromatic ring is 1. The monoisotopic (exact) mass is 355 g/mol. The molecule has 0 aliphatic rings. The van der Waals surface area contributed by atoms with Crippen molar-refractivity contribution in [1.82, 2.24) is 9.97 Å². The Kier molecular flexibility index (Phi) is 5.48. The minimum Gasteiger partial charge on any atom is -0.368 e. The van der Waals surface area contributed by atoms with Crippen LogP contribution in [-0.2, 0) is 16.3 Å². The molecule has 0 radical (unpaired) electrons. The van der Waals surface area contributed by atoms with Gasteiger partial charge < -0.3 is 5.73 Å². The number of anilines is 1. The van der Waals surface area contributed by atoms with Gasteiger partial charge in [-0.1, -0.05) is 25.5 Å². The van der Waals surface area contributed by atoms with Crippen LogP contribution in [0.2, 0.25) is 0 Å². The Morgan fingerprint density at radius 2 is 1.79 bits per heavy atom. The first kappa shape index (κ1) is 18.3. The minimum absolute atomic E-state index is 0.150. The number of aromatic nitrogens is 2. The van der Waals surface area contributed by atoms with Crippen LogP contribution < -0.4 is 5.73 Å². The smallest absolute Gasteiger partial charge is 0.280 e. The summed E-state index contributed by atoms with van der Waals surface area (Å²) >= 11 is 0. The molecule has 0 aliphatic carbocycles. The zero-order chi connectivity index (χ0) is 17.9. The normalized spacial score (nSPS) is 11.9. The van der Waals surface area contributed by atoms with Crippen molar-refractivity contribution in [1.29, 1.82) is 0 Å². The fourth-order valence-corrected chi connectivity index (χ4v) is 3.03. The summed E-state index contributed by atoms with van der Waals surface area (Å²) < 4.78 is 49.7. The van der Waals surface area contributed by atoms with Crippen molar-refractivity contribution in [3.63, 3.8) is 0 Å². The molecule has 0 bridgehead atoms. The first-order valence-electron chi connectivity index (χ1n) is 7.49. The van der Waals surface area contributed by atoms with Gasteiger partial charge in [-0.2, -0.15) is 0 Å². The summed E-state index contributed by atoms with van der Waals surface area (Å²) in [5.41, 5.74) is 6.43. The van der Waals surface area contributed by atoms with E-state index in [4.69, 9.17) is 5.73 Å². The molecule has 0 unspecified atom stereocenters. The predicted molar refractivity (Wildman–Crippen MR) is 88.6 cm³/mol. The highest BCUT2D eigenvalue weighted by atomic mass is 32.2. The van der Waals surface area contributed by atoms with Crippen molar-refractivity contribution in [3.05, 3.63) is 35.5 Å². The van der Waals surface area contributed by atoms with Gasteiger partial charge in [-0.15, -0.1) is 0 Å². The maximum Gasteiger partial charge on any atom is 0.280 e. The van der Waals surface area contributed by atoms with Crippen molar-refractivity contribution in [2.24, 2.45) is 0 Å². The standard InChI is InChI=1S/C16H19F2N3O2S/c1-3-4-5-12-13(20-16(19)21-14(12)15(17)18)10-6-8-11(9-7-10)24(2,22)23/h6-9,15H,3-5H2,1-2H3,(H2,19,20,21). The van der Waals surface area contributed by atoms with Gasteiger partial charge in [0.05, 0.1) is 10.6 Å². The molecule has 1 aromatic carbocycles. The fraction of sp³-hybridized carbons (Fsp3) is 0.375. The van der Waals surface area contributed by atoms with Gasteiger partial charge in [-0.3, -0.25) is 0 Å². The number of hydrogen-bond donors (Lipinski definition) is 1. The Bertz CT molecular complexity index is 822. The Labute approximate surface area is 139 Å². The summed E-state index contributed by atoms with van der Waals surface area (Å²) in [7, 11) is -3.33. The highest BCUT2D eigenvalue weighted by molar-refractivity contribution is 7.90. The van der Waals surface area contributed by atoms with E-state index in [2.05, 4.69) is 9.97 Å². The predicted octanol–water partition coefficient (Wildman–Crippen LogP) is 3.41. The second-order valence-corrected chi connectivity index (χ2v) is 7.51. The number of unbranched alkanes of at least 4 members (excludes halogenated alkanes) is 1. The molecular weight excluding hydrogens is 336 g/mol. The van der Waals surface area contributed by atoms with Crippen LogP contribution in [0.3, 0.4) is 0 Å². The maximum atomic E-state index is 13.3. The Morgan fingerprint density at radius 3 is 2.29 bits per heavy atom. The summed E-state index contributed by atoms with van der Waals surface area (Å²) in [4.78, 5) is 7.95. The summed E-state index contributed by atoms with van der Waals surface area (Å²) in [6.45, 7) is 1.96. The average Bonchev–Trinajstić information content (AvgIpc) is 2.52. The van der Waals surface area contributed by atoms with Crippen LogP contribution in [0.15, 0.2) is 29.2 Å². The Morgan fingerprint density at radius 1 is 1.17 bits per heavy atom. The van der Waals surface area contributed by atoms with Crippen LogP contribution in [0, 0.1) is 0 Å². The highest BCUT2D eigenvalue weighted by Crippen LogP contribution is 2.31.